The Morgan fingerprint density at radius 1 is 1.56 bits per heavy atom. The van der Waals surface area contributed by atoms with Gasteiger partial charge in [0.2, 0.25) is 10.0 Å². The maximum absolute atomic E-state index is 10.7. The van der Waals surface area contributed by atoms with Crippen LogP contribution in [0.3, 0.4) is 0 Å². The Hall–Kier alpha value is -1.65. The second-order valence-electron chi connectivity index (χ2n) is 3.16. The molecule has 1 heterocycles. The predicted octanol–water partition coefficient (Wildman–Crippen LogP) is 0.0438. The molecule has 0 bridgehead atoms. The molecule has 16 heavy (non-hydrogen) atoms. The van der Waals surface area contributed by atoms with Gasteiger partial charge in [-0.15, -0.1) is 0 Å². The lowest BCUT2D eigenvalue weighted by molar-refractivity contribution is 0.596. The molecule has 0 atom stereocenters. The largest absolute Gasteiger partial charge is 0.383 e. The van der Waals surface area contributed by atoms with Gasteiger partial charge < -0.3 is 5.32 Å². The Balaban J connectivity index is 2.47. The normalized spacial score (nSPS) is 10.8. The fourth-order valence-corrected chi connectivity index (χ4v) is 1.68. The Morgan fingerprint density at radius 3 is 2.94 bits per heavy atom. The van der Waals surface area contributed by atoms with Gasteiger partial charge in [-0.1, -0.05) is 0 Å². The molecule has 0 saturated carbocycles. The molecule has 0 radical (unpaired) electrons. The van der Waals surface area contributed by atoms with Gasteiger partial charge in [0.1, 0.15) is 6.07 Å². The number of nitrogens with two attached hydrogens (primary N) is 1. The van der Waals surface area contributed by atoms with Gasteiger partial charge in [-0.3, -0.25) is 0 Å². The summed E-state index contributed by atoms with van der Waals surface area (Å²) < 4.78 is 21.3. The van der Waals surface area contributed by atoms with Crippen LogP contribution >= 0.6 is 0 Å². The molecule has 0 aliphatic heterocycles. The number of hydrogen-bond donors (Lipinski definition) is 2. The summed E-state index contributed by atoms with van der Waals surface area (Å²) in [6.45, 7) is 0.427. The molecule has 0 aliphatic rings. The summed E-state index contributed by atoms with van der Waals surface area (Å²) in [5, 5.41) is 16.5. The highest BCUT2D eigenvalue weighted by atomic mass is 32.2. The predicted molar refractivity (Wildman–Crippen MR) is 60.0 cm³/mol. The monoisotopic (exact) mass is 240 g/mol. The quantitative estimate of drug-likeness (QED) is 0.706. The lowest BCUT2D eigenvalue weighted by Gasteiger charge is -2.06. The number of hydrogen-bond acceptors (Lipinski definition) is 5. The second-order valence-corrected chi connectivity index (χ2v) is 4.89. The number of aromatic nitrogens is 1. The van der Waals surface area contributed by atoms with Crippen LogP contribution in [0.25, 0.3) is 0 Å². The fourth-order valence-electron chi connectivity index (χ4n) is 1.13. The summed E-state index contributed by atoms with van der Waals surface area (Å²) in [6.07, 6.45) is 1.91. The smallest absolute Gasteiger partial charge is 0.209 e. The third-order valence-electron chi connectivity index (χ3n) is 1.83. The minimum atomic E-state index is -3.41. The van der Waals surface area contributed by atoms with Crippen LogP contribution in [0.15, 0.2) is 18.3 Å². The molecule has 7 heteroatoms. The second kappa shape index (κ2) is 5.44. The van der Waals surface area contributed by atoms with Crippen molar-refractivity contribution in [2.24, 2.45) is 5.14 Å². The SMILES string of the molecule is N#Cc1ncccc1NCCCS(N)(=O)=O. The van der Waals surface area contributed by atoms with E-state index < -0.39 is 10.0 Å². The summed E-state index contributed by atoms with van der Waals surface area (Å²) in [5.41, 5.74) is 0.887. The third-order valence-corrected chi connectivity index (χ3v) is 2.69. The number of nitrogens with one attached hydrogen (secondary N) is 1. The highest BCUT2D eigenvalue weighted by molar-refractivity contribution is 7.89. The van der Waals surface area contributed by atoms with Crippen LogP contribution in [-0.4, -0.2) is 25.7 Å². The molecule has 0 amide bonds. The standard InChI is InChI=1S/C9H12N4O2S/c10-7-9-8(3-1-4-13-9)12-5-2-6-16(11,14)15/h1,3-4,12H,2,5-6H2,(H2,11,14,15). The van der Waals surface area contributed by atoms with Crippen LogP contribution in [0, 0.1) is 11.3 Å². The number of pyridine rings is 1. The number of sulfonamides is 1. The number of primary sulfonamides is 1. The first-order valence-electron chi connectivity index (χ1n) is 4.62. The van der Waals surface area contributed by atoms with Crippen molar-refractivity contribution in [3.8, 4) is 6.07 Å². The number of anilines is 1. The van der Waals surface area contributed by atoms with Gasteiger partial charge in [0.05, 0.1) is 11.4 Å². The van der Waals surface area contributed by atoms with Crippen molar-refractivity contribution in [2.75, 3.05) is 17.6 Å². The zero-order valence-electron chi connectivity index (χ0n) is 8.55. The average molecular weight is 240 g/mol. The maximum Gasteiger partial charge on any atom is 0.209 e. The highest BCUT2D eigenvalue weighted by Gasteiger charge is 2.03. The van der Waals surface area contributed by atoms with Gasteiger partial charge >= 0.3 is 0 Å². The Kier molecular flexibility index (Phi) is 4.22. The first-order chi connectivity index (χ1) is 7.53. The van der Waals surface area contributed by atoms with Crippen molar-refractivity contribution in [3.63, 3.8) is 0 Å². The van der Waals surface area contributed by atoms with E-state index >= 15 is 0 Å². The molecule has 0 saturated heterocycles. The molecule has 0 aliphatic carbocycles. The number of nitriles is 1. The lowest BCUT2D eigenvalue weighted by atomic mass is 10.3. The highest BCUT2D eigenvalue weighted by Crippen LogP contribution is 2.10. The number of rotatable bonds is 5. The molecule has 6 nitrogen and oxygen atoms in total. The van der Waals surface area contributed by atoms with E-state index in [4.69, 9.17) is 10.4 Å². The first kappa shape index (κ1) is 12.4. The van der Waals surface area contributed by atoms with Crippen molar-refractivity contribution < 1.29 is 8.42 Å². The maximum atomic E-state index is 10.7. The van der Waals surface area contributed by atoms with E-state index in [0.29, 0.717) is 18.7 Å². The summed E-state index contributed by atoms with van der Waals surface area (Å²) in [5.74, 6) is -0.0812. The van der Waals surface area contributed by atoms with Crippen molar-refractivity contribution in [1.82, 2.24) is 4.98 Å². The summed E-state index contributed by atoms with van der Waals surface area (Å²) in [6, 6.07) is 5.34. The molecular formula is C9H12N4O2S. The Labute approximate surface area is 94.2 Å². The van der Waals surface area contributed by atoms with E-state index in [2.05, 4.69) is 10.3 Å². The van der Waals surface area contributed by atoms with E-state index in [0.717, 1.165) is 0 Å². The zero-order valence-corrected chi connectivity index (χ0v) is 9.37. The van der Waals surface area contributed by atoms with Crippen molar-refractivity contribution in [1.29, 1.82) is 5.26 Å². The van der Waals surface area contributed by atoms with E-state index in [1.165, 1.54) is 6.20 Å². The van der Waals surface area contributed by atoms with Crippen LogP contribution in [0.5, 0.6) is 0 Å². The topological polar surface area (TPSA) is 109 Å². The van der Waals surface area contributed by atoms with Crippen LogP contribution in [0.2, 0.25) is 0 Å². The lowest BCUT2D eigenvalue weighted by Crippen LogP contribution is -2.18. The molecule has 3 N–H and O–H groups in total. The van der Waals surface area contributed by atoms with Crippen LogP contribution in [0.1, 0.15) is 12.1 Å². The molecule has 0 aromatic carbocycles. The van der Waals surface area contributed by atoms with Gasteiger partial charge in [0.15, 0.2) is 5.69 Å². The molecule has 0 spiro atoms. The molecule has 0 unspecified atom stereocenters. The van der Waals surface area contributed by atoms with Gasteiger partial charge in [-0.2, -0.15) is 5.26 Å². The van der Waals surface area contributed by atoms with E-state index in [9.17, 15) is 8.42 Å². The van der Waals surface area contributed by atoms with Crippen LogP contribution in [0.4, 0.5) is 5.69 Å². The Morgan fingerprint density at radius 2 is 2.31 bits per heavy atom. The molecule has 1 rings (SSSR count). The molecule has 1 aromatic heterocycles. The van der Waals surface area contributed by atoms with Gasteiger partial charge in [0.25, 0.3) is 0 Å². The molecular weight excluding hydrogens is 228 g/mol. The molecule has 1 aromatic rings. The minimum absolute atomic E-state index is 0.0812. The van der Waals surface area contributed by atoms with Crippen molar-refractivity contribution >= 4 is 15.7 Å². The summed E-state index contributed by atoms with van der Waals surface area (Å²) >= 11 is 0. The van der Waals surface area contributed by atoms with Crippen molar-refractivity contribution in [3.05, 3.63) is 24.0 Å². The van der Waals surface area contributed by atoms with E-state index in [1.54, 1.807) is 12.1 Å². The minimum Gasteiger partial charge on any atom is -0.383 e. The summed E-state index contributed by atoms with van der Waals surface area (Å²) in [4.78, 5) is 3.86. The zero-order chi connectivity index (χ0) is 12.0. The van der Waals surface area contributed by atoms with E-state index in [-0.39, 0.29) is 11.4 Å². The average Bonchev–Trinajstić information content (AvgIpc) is 2.23. The fraction of sp³-hybridized carbons (Fsp3) is 0.333. The van der Waals surface area contributed by atoms with Gasteiger partial charge in [-0.25, -0.2) is 18.5 Å². The number of nitrogens with zero attached hydrogens (tertiary/aromatic N) is 2. The van der Waals surface area contributed by atoms with Crippen LogP contribution < -0.4 is 10.5 Å². The van der Waals surface area contributed by atoms with Gasteiger partial charge in [-0.05, 0) is 18.6 Å². The summed E-state index contributed by atoms with van der Waals surface area (Å²) in [7, 11) is -3.41. The van der Waals surface area contributed by atoms with Gasteiger partial charge in [0, 0.05) is 12.7 Å². The first-order valence-corrected chi connectivity index (χ1v) is 6.34. The molecule has 86 valence electrons. The van der Waals surface area contributed by atoms with Crippen molar-refractivity contribution in [2.45, 2.75) is 6.42 Å². The third kappa shape index (κ3) is 4.25. The Bertz CT molecular complexity index is 492. The molecule has 0 fully saturated rings. The van der Waals surface area contributed by atoms with E-state index in [1.807, 2.05) is 6.07 Å². The van der Waals surface area contributed by atoms with Crippen LogP contribution in [-0.2, 0) is 10.0 Å².